The zero-order valence-electron chi connectivity index (χ0n) is 15.1. The van der Waals surface area contributed by atoms with Gasteiger partial charge in [0, 0.05) is 40.7 Å². The van der Waals surface area contributed by atoms with Gasteiger partial charge in [0.2, 0.25) is 5.91 Å². The van der Waals surface area contributed by atoms with Gasteiger partial charge in [0.05, 0.1) is 5.69 Å². The number of anilines is 1. The third-order valence-corrected chi connectivity index (χ3v) is 4.83. The largest absolute Gasteiger partial charge is 0.382 e. The lowest BCUT2D eigenvalue weighted by atomic mass is 10.2. The number of ether oxygens (including phenoxy) is 1. The Labute approximate surface area is 172 Å². The third-order valence-electron chi connectivity index (χ3n) is 3.52. The molecule has 0 bridgehead atoms. The molecule has 2 aromatic rings. The van der Waals surface area contributed by atoms with E-state index in [2.05, 4.69) is 10.3 Å². The molecule has 2 amide bonds. The highest BCUT2D eigenvalue weighted by atomic mass is 35.5. The van der Waals surface area contributed by atoms with Crippen LogP contribution >= 0.6 is 34.5 Å². The lowest BCUT2D eigenvalue weighted by molar-refractivity contribution is -0.116. The molecule has 0 saturated carbocycles. The van der Waals surface area contributed by atoms with Crippen molar-refractivity contribution in [3.05, 3.63) is 44.9 Å². The Balaban J connectivity index is 2.09. The minimum atomic E-state index is -0.318. The highest BCUT2D eigenvalue weighted by Gasteiger charge is 2.20. The average Bonchev–Trinajstić information content (AvgIpc) is 3.00. The Bertz CT molecular complexity index is 778. The number of carbonyl (C=O) groups is 2. The van der Waals surface area contributed by atoms with Gasteiger partial charge in [-0.15, -0.1) is 11.3 Å². The quantitative estimate of drug-likeness (QED) is 0.604. The van der Waals surface area contributed by atoms with Gasteiger partial charge in [-0.3, -0.25) is 9.59 Å². The number of thiazole rings is 1. The fourth-order valence-corrected chi connectivity index (χ4v) is 3.59. The molecule has 9 heteroatoms. The smallest absolute Gasteiger partial charge is 0.254 e. The van der Waals surface area contributed by atoms with Crippen LogP contribution in [0.3, 0.4) is 0 Å². The van der Waals surface area contributed by atoms with Gasteiger partial charge in [-0.2, -0.15) is 0 Å². The van der Waals surface area contributed by atoms with Crippen LogP contribution in [0.25, 0.3) is 0 Å². The molecule has 0 atom stereocenters. The molecule has 0 fully saturated rings. The fourth-order valence-electron chi connectivity index (χ4n) is 2.36. The number of aromatic nitrogens is 1. The van der Waals surface area contributed by atoms with Crippen molar-refractivity contribution in [3.63, 3.8) is 0 Å². The van der Waals surface area contributed by atoms with Crippen molar-refractivity contribution in [1.82, 2.24) is 9.88 Å². The van der Waals surface area contributed by atoms with E-state index >= 15 is 0 Å². The van der Waals surface area contributed by atoms with Crippen molar-refractivity contribution in [2.75, 3.05) is 31.6 Å². The Morgan fingerprint density at radius 2 is 1.96 bits per heavy atom. The minimum Gasteiger partial charge on any atom is -0.382 e. The fraction of sp³-hybridized carbons (Fsp3) is 0.389. The summed E-state index contributed by atoms with van der Waals surface area (Å²) >= 11 is 13.3. The van der Waals surface area contributed by atoms with Crippen LogP contribution in [-0.4, -0.2) is 48.0 Å². The molecule has 0 aliphatic rings. The number of hydrogen-bond donors (Lipinski definition) is 1. The van der Waals surface area contributed by atoms with Gasteiger partial charge < -0.3 is 15.0 Å². The summed E-state index contributed by atoms with van der Waals surface area (Å²) in [6.45, 7) is 5.12. The van der Waals surface area contributed by atoms with E-state index in [0.717, 1.165) is 5.69 Å². The first-order valence-corrected chi connectivity index (χ1v) is 10.1. The molecule has 0 saturated heterocycles. The summed E-state index contributed by atoms with van der Waals surface area (Å²) in [7, 11) is 0. The van der Waals surface area contributed by atoms with Crippen LogP contribution in [0.15, 0.2) is 23.6 Å². The lowest BCUT2D eigenvalue weighted by Crippen LogP contribution is -2.39. The zero-order chi connectivity index (χ0) is 19.8. The van der Waals surface area contributed by atoms with Crippen molar-refractivity contribution in [1.29, 1.82) is 0 Å². The molecule has 146 valence electrons. The van der Waals surface area contributed by atoms with E-state index in [9.17, 15) is 9.59 Å². The Kier molecular flexibility index (Phi) is 8.50. The third kappa shape index (κ3) is 7.10. The van der Waals surface area contributed by atoms with Crippen LogP contribution in [0.4, 0.5) is 5.13 Å². The molecule has 6 nitrogen and oxygen atoms in total. The number of aryl methyl sites for hydroxylation is 1. The number of hydrogen-bond acceptors (Lipinski definition) is 5. The number of nitrogens with zero attached hydrogens (tertiary/aromatic N) is 2. The minimum absolute atomic E-state index is 0.103. The monoisotopic (exact) mass is 429 g/mol. The van der Waals surface area contributed by atoms with Crippen molar-refractivity contribution in [3.8, 4) is 0 Å². The molecule has 1 aromatic carbocycles. The van der Waals surface area contributed by atoms with Gasteiger partial charge in [-0.05, 0) is 38.5 Å². The van der Waals surface area contributed by atoms with E-state index < -0.39 is 0 Å². The molecule has 1 heterocycles. The maximum atomic E-state index is 12.9. The number of halogens is 2. The van der Waals surface area contributed by atoms with Crippen LogP contribution < -0.4 is 5.32 Å². The van der Waals surface area contributed by atoms with Crippen molar-refractivity contribution >= 4 is 51.5 Å². The summed E-state index contributed by atoms with van der Waals surface area (Å²) < 4.78 is 5.32. The topological polar surface area (TPSA) is 71.5 Å². The summed E-state index contributed by atoms with van der Waals surface area (Å²) in [6.07, 6.45) is 0.609. The summed E-state index contributed by atoms with van der Waals surface area (Å²) in [4.78, 5) is 30.9. The molecule has 0 radical (unpaired) electrons. The molecular formula is C18H21Cl2N3O3S. The number of amides is 2. The summed E-state index contributed by atoms with van der Waals surface area (Å²) in [5.74, 6) is -0.636. The molecule has 0 aliphatic heterocycles. The van der Waals surface area contributed by atoms with E-state index in [4.69, 9.17) is 27.9 Å². The first kappa shape index (κ1) is 21.6. The molecule has 27 heavy (non-hydrogen) atoms. The van der Waals surface area contributed by atoms with Crippen LogP contribution in [0.2, 0.25) is 10.0 Å². The van der Waals surface area contributed by atoms with E-state index in [0.29, 0.717) is 46.9 Å². The SMILES string of the molecule is CCOCCCN(CC(=O)Nc1nc(C)cs1)C(=O)c1cc(Cl)cc(Cl)c1. The maximum Gasteiger partial charge on any atom is 0.254 e. The second-order valence-electron chi connectivity index (χ2n) is 5.78. The normalized spacial score (nSPS) is 10.7. The number of rotatable bonds is 9. The maximum absolute atomic E-state index is 12.9. The standard InChI is InChI=1S/C18H21Cl2N3O3S/c1-3-26-6-4-5-23(10-16(24)22-18-21-12(2)11-27-18)17(25)13-7-14(19)9-15(20)8-13/h7-9,11H,3-6,10H2,1-2H3,(H,21,22,24). The summed E-state index contributed by atoms with van der Waals surface area (Å²) in [5.41, 5.74) is 1.16. The van der Waals surface area contributed by atoms with E-state index in [1.54, 1.807) is 6.07 Å². The summed E-state index contributed by atoms with van der Waals surface area (Å²) in [5, 5.41) is 5.79. The number of benzene rings is 1. The van der Waals surface area contributed by atoms with Crippen molar-refractivity contribution in [2.24, 2.45) is 0 Å². The molecular weight excluding hydrogens is 409 g/mol. The predicted octanol–water partition coefficient (Wildman–Crippen LogP) is 4.27. The predicted molar refractivity (Wildman–Crippen MR) is 109 cm³/mol. The lowest BCUT2D eigenvalue weighted by Gasteiger charge is -2.22. The molecule has 0 unspecified atom stereocenters. The van der Waals surface area contributed by atoms with Gasteiger partial charge in [0.1, 0.15) is 6.54 Å². The number of carbonyl (C=O) groups excluding carboxylic acids is 2. The zero-order valence-corrected chi connectivity index (χ0v) is 17.5. The van der Waals surface area contributed by atoms with Crippen molar-refractivity contribution in [2.45, 2.75) is 20.3 Å². The van der Waals surface area contributed by atoms with Crippen LogP contribution in [0.1, 0.15) is 29.4 Å². The molecule has 1 N–H and O–H groups in total. The van der Waals surface area contributed by atoms with Crippen LogP contribution in [0.5, 0.6) is 0 Å². The Morgan fingerprint density at radius 3 is 2.56 bits per heavy atom. The van der Waals surface area contributed by atoms with Gasteiger partial charge in [0.15, 0.2) is 5.13 Å². The first-order valence-electron chi connectivity index (χ1n) is 8.44. The number of nitrogens with one attached hydrogen (secondary N) is 1. The second-order valence-corrected chi connectivity index (χ2v) is 7.51. The molecule has 0 spiro atoms. The van der Waals surface area contributed by atoms with Gasteiger partial charge in [-0.25, -0.2) is 4.98 Å². The summed E-state index contributed by atoms with van der Waals surface area (Å²) in [6, 6.07) is 4.62. The van der Waals surface area contributed by atoms with E-state index in [1.807, 2.05) is 19.2 Å². The van der Waals surface area contributed by atoms with E-state index in [-0.39, 0.29) is 18.4 Å². The molecule has 0 aliphatic carbocycles. The van der Waals surface area contributed by atoms with Gasteiger partial charge in [-0.1, -0.05) is 23.2 Å². The van der Waals surface area contributed by atoms with Crippen LogP contribution in [-0.2, 0) is 9.53 Å². The highest BCUT2D eigenvalue weighted by Crippen LogP contribution is 2.20. The highest BCUT2D eigenvalue weighted by molar-refractivity contribution is 7.13. The second kappa shape index (κ2) is 10.6. The molecule has 2 rings (SSSR count). The van der Waals surface area contributed by atoms with Gasteiger partial charge >= 0.3 is 0 Å². The van der Waals surface area contributed by atoms with Crippen molar-refractivity contribution < 1.29 is 14.3 Å². The van der Waals surface area contributed by atoms with Gasteiger partial charge in [0.25, 0.3) is 5.91 Å². The average molecular weight is 430 g/mol. The first-order chi connectivity index (χ1) is 12.9. The van der Waals surface area contributed by atoms with E-state index in [1.165, 1.54) is 28.4 Å². The molecule has 1 aromatic heterocycles. The van der Waals surface area contributed by atoms with Crippen LogP contribution in [0, 0.1) is 6.92 Å². The Hall–Kier alpha value is -1.67. The Morgan fingerprint density at radius 1 is 1.26 bits per heavy atom.